The van der Waals surface area contributed by atoms with E-state index in [2.05, 4.69) is 9.88 Å². The molecule has 0 saturated carbocycles. The van der Waals surface area contributed by atoms with Gasteiger partial charge in [-0.3, -0.25) is 4.90 Å². The van der Waals surface area contributed by atoms with Crippen molar-refractivity contribution in [2.75, 3.05) is 34.6 Å². The van der Waals surface area contributed by atoms with Gasteiger partial charge in [-0.25, -0.2) is 9.78 Å². The van der Waals surface area contributed by atoms with E-state index in [4.69, 9.17) is 28.4 Å². The summed E-state index contributed by atoms with van der Waals surface area (Å²) in [6.45, 7) is 3.09. The highest BCUT2D eigenvalue weighted by Gasteiger charge is 2.46. The quantitative estimate of drug-likeness (QED) is 0.452. The zero-order valence-electron chi connectivity index (χ0n) is 20.5. The first-order valence-corrected chi connectivity index (χ1v) is 12.5. The molecule has 3 aliphatic rings. The smallest absolute Gasteiger partial charge is 0.343 e. The Morgan fingerprint density at radius 1 is 1.19 bits per heavy atom. The number of fused-ring (bicyclic) bond motifs is 3. The molecule has 0 bridgehead atoms. The molecule has 2 atom stereocenters. The molecule has 188 valence electrons. The lowest BCUT2D eigenvalue weighted by Gasteiger charge is -2.38. The first kappa shape index (κ1) is 22.9. The zero-order chi connectivity index (χ0) is 25.0. The predicted octanol–water partition coefficient (Wildman–Crippen LogP) is 4.22. The van der Waals surface area contributed by atoms with Crippen LogP contribution in [0.4, 0.5) is 0 Å². The van der Waals surface area contributed by atoms with Gasteiger partial charge in [-0.05, 0) is 38.1 Å². The van der Waals surface area contributed by atoms with E-state index in [1.165, 1.54) is 0 Å². The van der Waals surface area contributed by atoms with Crippen molar-refractivity contribution in [1.29, 1.82) is 0 Å². The first-order chi connectivity index (χ1) is 17.5. The van der Waals surface area contributed by atoms with Crippen molar-refractivity contribution in [3.05, 3.63) is 56.5 Å². The fraction of sp³-hybridized carbons (Fsp3) is 0.385. The Morgan fingerprint density at radius 3 is 2.81 bits per heavy atom. The summed E-state index contributed by atoms with van der Waals surface area (Å²) in [7, 11) is 5.20. The minimum Gasteiger partial charge on any atom is -0.493 e. The highest BCUT2D eigenvalue weighted by Crippen LogP contribution is 2.55. The molecule has 0 spiro atoms. The number of methoxy groups -OCH3 is 2. The van der Waals surface area contributed by atoms with E-state index in [0.29, 0.717) is 34.3 Å². The molecule has 3 aromatic rings. The van der Waals surface area contributed by atoms with Crippen molar-refractivity contribution >= 4 is 17.3 Å². The van der Waals surface area contributed by atoms with Crippen LogP contribution in [0.5, 0.6) is 28.7 Å². The van der Waals surface area contributed by atoms with Crippen LogP contribution in [0.1, 0.15) is 49.9 Å². The van der Waals surface area contributed by atoms with Gasteiger partial charge in [0.15, 0.2) is 23.0 Å². The lowest BCUT2D eigenvalue weighted by molar-refractivity contribution is 0.00871. The lowest BCUT2D eigenvalue weighted by atomic mass is 9.85. The number of aromatic nitrogens is 1. The molecule has 9 nitrogen and oxygen atoms in total. The fourth-order valence-electron chi connectivity index (χ4n) is 5.27. The zero-order valence-corrected chi connectivity index (χ0v) is 21.3. The molecular weight excluding hydrogens is 484 g/mol. The van der Waals surface area contributed by atoms with Gasteiger partial charge in [-0.15, -0.1) is 11.3 Å². The molecule has 4 heterocycles. The van der Waals surface area contributed by atoms with Gasteiger partial charge in [0.2, 0.25) is 12.5 Å². The van der Waals surface area contributed by atoms with Crippen molar-refractivity contribution in [2.45, 2.75) is 32.1 Å². The minimum atomic E-state index is -0.569. The Labute approximate surface area is 212 Å². The van der Waals surface area contributed by atoms with Gasteiger partial charge in [0.25, 0.3) is 0 Å². The van der Waals surface area contributed by atoms with Crippen LogP contribution in [0.15, 0.2) is 23.6 Å². The maximum absolute atomic E-state index is 13.3. The molecule has 2 aromatic carbocycles. The monoisotopic (exact) mass is 510 g/mol. The number of cyclic esters (lactones) is 1. The van der Waals surface area contributed by atoms with Gasteiger partial charge < -0.3 is 28.4 Å². The second kappa shape index (κ2) is 8.86. The van der Waals surface area contributed by atoms with Crippen LogP contribution in [-0.2, 0) is 17.8 Å². The van der Waals surface area contributed by atoms with E-state index >= 15 is 0 Å². The van der Waals surface area contributed by atoms with Crippen molar-refractivity contribution in [3.63, 3.8) is 0 Å². The predicted molar refractivity (Wildman–Crippen MR) is 131 cm³/mol. The molecule has 0 amide bonds. The molecule has 0 N–H and O–H groups in total. The number of ether oxygens (including phenoxy) is 6. The molecule has 36 heavy (non-hydrogen) atoms. The van der Waals surface area contributed by atoms with Gasteiger partial charge >= 0.3 is 5.97 Å². The molecular formula is C26H26N2O7S. The SMILES string of the molecule is COc1ccc2c(c1OCc1csc(C)n1)C(=O)O[C@@H]2[C@H]1c2c(cc3c(c2OC)OCO3)CCN1C. The second-order valence-corrected chi connectivity index (χ2v) is 9.99. The maximum Gasteiger partial charge on any atom is 0.343 e. The number of rotatable bonds is 6. The van der Waals surface area contributed by atoms with Gasteiger partial charge in [0.1, 0.15) is 18.3 Å². The Morgan fingerprint density at radius 2 is 2.06 bits per heavy atom. The molecule has 0 aliphatic carbocycles. The van der Waals surface area contributed by atoms with E-state index in [-0.39, 0.29) is 19.4 Å². The summed E-state index contributed by atoms with van der Waals surface area (Å²) < 4.78 is 34.9. The number of thiazole rings is 1. The number of nitrogens with zero attached hydrogens (tertiary/aromatic N) is 2. The van der Waals surface area contributed by atoms with Crippen LogP contribution in [0, 0.1) is 6.92 Å². The summed E-state index contributed by atoms with van der Waals surface area (Å²) in [6, 6.07) is 5.42. The largest absolute Gasteiger partial charge is 0.493 e. The normalized spacial score (nSPS) is 20.1. The molecule has 10 heteroatoms. The summed E-state index contributed by atoms with van der Waals surface area (Å²) in [4.78, 5) is 20.0. The Bertz CT molecular complexity index is 1350. The summed E-state index contributed by atoms with van der Waals surface area (Å²) in [5.74, 6) is 2.26. The number of carbonyl (C=O) groups excluding carboxylic acids is 1. The third kappa shape index (κ3) is 3.55. The number of benzene rings is 2. The summed E-state index contributed by atoms with van der Waals surface area (Å²) in [5.41, 5.74) is 3.95. The van der Waals surface area contributed by atoms with Crippen molar-refractivity contribution in [2.24, 2.45) is 0 Å². The third-order valence-electron chi connectivity index (χ3n) is 6.89. The van der Waals surface area contributed by atoms with Crippen LogP contribution >= 0.6 is 11.3 Å². The molecule has 1 aromatic heterocycles. The maximum atomic E-state index is 13.3. The number of aryl methyl sites for hydroxylation is 1. The number of hydrogen-bond donors (Lipinski definition) is 0. The van der Waals surface area contributed by atoms with Crippen molar-refractivity contribution in [1.82, 2.24) is 9.88 Å². The van der Waals surface area contributed by atoms with Gasteiger partial charge in [-0.2, -0.15) is 0 Å². The van der Waals surface area contributed by atoms with Gasteiger partial charge in [-0.1, -0.05) is 6.07 Å². The fourth-order valence-corrected chi connectivity index (χ4v) is 5.87. The highest BCUT2D eigenvalue weighted by atomic mass is 32.1. The molecule has 0 saturated heterocycles. The molecule has 0 fully saturated rings. The summed E-state index contributed by atoms with van der Waals surface area (Å²) in [6.07, 6.45) is 0.243. The van der Waals surface area contributed by atoms with Gasteiger partial charge in [0.05, 0.1) is 31.0 Å². The lowest BCUT2D eigenvalue weighted by Crippen LogP contribution is -2.36. The Hall–Kier alpha value is -3.50. The Balaban J connectivity index is 1.43. The Kier molecular flexibility index (Phi) is 5.65. The van der Waals surface area contributed by atoms with Crippen LogP contribution in [-0.4, -0.2) is 50.5 Å². The highest BCUT2D eigenvalue weighted by molar-refractivity contribution is 7.09. The number of hydrogen-bond acceptors (Lipinski definition) is 10. The second-order valence-electron chi connectivity index (χ2n) is 8.93. The third-order valence-corrected chi connectivity index (χ3v) is 7.71. The number of esters is 1. The van der Waals surface area contributed by atoms with Crippen LogP contribution in [0.25, 0.3) is 0 Å². The van der Waals surface area contributed by atoms with Crippen LogP contribution in [0.2, 0.25) is 0 Å². The molecule has 3 aliphatic heterocycles. The van der Waals surface area contributed by atoms with E-state index in [1.54, 1.807) is 25.6 Å². The van der Waals surface area contributed by atoms with Gasteiger partial charge in [0, 0.05) is 23.1 Å². The summed E-state index contributed by atoms with van der Waals surface area (Å²) in [5, 5.41) is 2.89. The van der Waals surface area contributed by atoms with Crippen molar-refractivity contribution < 1.29 is 33.2 Å². The summed E-state index contributed by atoms with van der Waals surface area (Å²) >= 11 is 1.55. The number of likely N-dealkylation sites (N-methyl/N-ethyl adjacent to an activating group) is 1. The molecule has 0 unspecified atom stereocenters. The average Bonchev–Trinajstić information content (AvgIpc) is 3.60. The van der Waals surface area contributed by atoms with E-state index in [0.717, 1.165) is 40.4 Å². The topological polar surface area (TPSA) is 88.6 Å². The van der Waals surface area contributed by atoms with E-state index in [9.17, 15) is 4.79 Å². The standard InChI is InChI=1S/C26H26N2O7S/c1-13-27-15(11-36-13)10-32-23-17(30-3)6-5-16-20(23)26(29)35-22(16)21-19-14(7-8-28(21)2)9-18-24(25(19)31-4)34-12-33-18/h5-6,9,11,21-22H,7-8,10,12H2,1-4H3/t21-,22+/m1/s1. The first-order valence-electron chi connectivity index (χ1n) is 11.7. The van der Waals surface area contributed by atoms with Crippen LogP contribution < -0.4 is 23.7 Å². The van der Waals surface area contributed by atoms with Crippen molar-refractivity contribution in [3.8, 4) is 28.7 Å². The van der Waals surface area contributed by atoms with E-state index in [1.807, 2.05) is 37.6 Å². The minimum absolute atomic E-state index is 0.148. The van der Waals surface area contributed by atoms with E-state index < -0.39 is 12.1 Å². The van der Waals surface area contributed by atoms with Crippen LogP contribution in [0.3, 0.4) is 0 Å². The molecule has 6 rings (SSSR count). The molecule has 0 radical (unpaired) electrons. The average molecular weight is 511 g/mol. The number of carbonyl (C=O) groups is 1.